The number of rotatable bonds is 2. The number of hydrogen-bond acceptors (Lipinski definition) is 3. The minimum Gasteiger partial charge on any atom is -0.268 e. The van der Waals surface area contributed by atoms with Crippen LogP contribution in [0.4, 0.5) is 0 Å². The number of benzene rings is 2. The average Bonchev–Trinajstić information content (AvgIpc) is 2.48. The molecule has 0 saturated heterocycles. The standard InChI is InChI=1S/C15H11NO2S2.Zn/c17-13(11-7-3-1-4-8-11)16(15(19)20)14(18)12-9-5-2-6-10-12;/h1-10H,(H,19,20);. The molecule has 0 radical (unpaired) electrons. The number of thiocarbonyl (C=S) groups is 1. The molecule has 0 spiro atoms. The molecule has 0 aromatic heterocycles. The smallest absolute Gasteiger partial charge is 0.266 e. The normalized spacial score (nSPS) is 9.38. The summed E-state index contributed by atoms with van der Waals surface area (Å²) in [4.78, 5) is 25.6. The second-order valence-corrected chi connectivity index (χ2v) is 5.07. The fourth-order valence-corrected chi connectivity index (χ4v) is 2.03. The van der Waals surface area contributed by atoms with Crippen molar-refractivity contribution in [3.8, 4) is 0 Å². The number of carbonyl (C=O) groups excluding carboxylic acids is 2. The quantitative estimate of drug-likeness (QED) is 0.384. The Kier molecular flexibility index (Phi) is 6.89. The molecule has 3 nitrogen and oxygen atoms in total. The van der Waals surface area contributed by atoms with Crippen LogP contribution in [-0.2, 0) is 19.5 Å². The summed E-state index contributed by atoms with van der Waals surface area (Å²) in [5, 5.41) is 0. The van der Waals surface area contributed by atoms with Crippen molar-refractivity contribution in [1.29, 1.82) is 0 Å². The number of thiol groups is 1. The molecular weight excluding hydrogens is 356 g/mol. The van der Waals surface area contributed by atoms with E-state index < -0.39 is 11.8 Å². The van der Waals surface area contributed by atoms with E-state index in [0.29, 0.717) is 11.1 Å². The fraction of sp³-hybridized carbons (Fsp3) is 0. The Hall–Kier alpha value is -1.36. The van der Waals surface area contributed by atoms with E-state index >= 15 is 0 Å². The van der Waals surface area contributed by atoms with Crippen molar-refractivity contribution in [2.45, 2.75) is 0 Å². The van der Waals surface area contributed by atoms with Crippen LogP contribution in [-0.4, -0.2) is 21.0 Å². The van der Waals surface area contributed by atoms with Crippen LogP contribution >= 0.6 is 24.8 Å². The Morgan fingerprint density at radius 1 is 0.810 bits per heavy atom. The van der Waals surface area contributed by atoms with Crippen LogP contribution in [0.3, 0.4) is 0 Å². The van der Waals surface area contributed by atoms with Crippen molar-refractivity contribution in [2.75, 3.05) is 0 Å². The van der Waals surface area contributed by atoms with E-state index in [0.717, 1.165) is 4.90 Å². The molecular formula is C15H11NO2S2Zn. The first-order chi connectivity index (χ1) is 9.61. The first-order valence-electron chi connectivity index (χ1n) is 5.83. The third-order valence-electron chi connectivity index (χ3n) is 2.64. The third kappa shape index (κ3) is 4.30. The van der Waals surface area contributed by atoms with E-state index in [4.69, 9.17) is 12.2 Å². The maximum atomic E-state index is 12.4. The molecule has 6 heteroatoms. The van der Waals surface area contributed by atoms with E-state index in [2.05, 4.69) is 12.6 Å². The number of carbonyl (C=O) groups is 2. The molecule has 0 N–H and O–H groups in total. The Morgan fingerprint density at radius 3 is 1.43 bits per heavy atom. The molecule has 0 fully saturated rings. The molecule has 0 saturated carbocycles. The summed E-state index contributed by atoms with van der Waals surface area (Å²) in [6.45, 7) is 0. The predicted molar refractivity (Wildman–Crippen MR) is 85.0 cm³/mol. The molecule has 21 heavy (non-hydrogen) atoms. The van der Waals surface area contributed by atoms with E-state index in [9.17, 15) is 9.59 Å². The molecule has 2 rings (SSSR count). The van der Waals surface area contributed by atoms with E-state index in [1.165, 1.54) is 0 Å². The summed E-state index contributed by atoms with van der Waals surface area (Å²) in [7, 11) is 0. The molecule has 0 aliphatic carbocycles. The molecule has 0 heterocycles. The van der Waals surface area contributed by atoms with Gasteiger partial charge < -0.3 is 0 Å². The molecule has 0 aliphatic heterocycles. The van der Waals surface area contributed by atoms with Gasteiger partial charge in [0.2, 0.25) is 0 Å². The van der Waals surface area contributed by atoms with Crippen molar-refractivity contribution < 1.29 is 29.1 Å². The van der Waals surface area contributed by atoms with Crippen molar-refractivity contribution in [3.05, 3.63) is 71.8 Å². The van der Waals surface area contributed by atoms with Crippen molar-refractivity contribution in [3.63, 3.8) is 0 Å². The first kappa shape index (κ1) is 17.7. The van der Waals surface area contributed by atoms with E-state index in [1.807, 2.05) is 0 Å². The molecule has 102 valence electrons. The van der Waals surface area contributed by atoms with Gasteiger partial charge in [0.25, 0.3) is 11.8 Å². The summed E-state index contributed by atoms with van der Waals surface area (Å²) < 4.78 is -0.0762. The van der Waals surface area contributed by atoms with Crippen LogP contribution in [0.25, 0.3) is 0 Å². The second kappa shape index (κ2) is 8.18. The molecule has 0 unspecified atom stereocenters. The van der Waals surface area contributed by atoms with E-state index in [-0.39, 0.29) is 23.8 Å². The minimum absolute atomic E-state index is 0. The van der Waals surface area contributed by atoms with Gasteiger partial charge in [-0.15, -0.1) is 12.6 Å². The van der Waals surface area contributed by atoms with Gasteiger partial charge in [0.1, 0.15) is 4.32 Å². The number of nitrogens with zero attached hydrogens (tertiary/aromatic N) is 1. The largest absolute Gasteiger partial charge is 0.268 e. The molecule has 2 aromatic rings. The Balaban J connectivity index is 0.00000220. The number of amides is 2. The summed E-state index contributed by atoms with van der Waals surface area (Å²) in [6, 6.07) is 17.0. The fourth-order valence-electron chi connectivity index (χ4n) is 1.69. The maximum absolute atomic E-state index is 12.4. The number of hydrogen-bond donors (Lipinski definition) is 1. The average molecular weight is 367 g/mol. The van der Waals surface area contributed by atoms with Gasteiger partial charge in [0.05, 0.1) is 0 Å². The Morgan fingerprint density at radius 2 is 1.14 bits per heavy atom. The van der Waals surface area contributed by atoms with Gasteiger partial charge in [-0.05, 0) is 24.3 Å². The van der Waals surface area contributed by atoms with Crippen LogP contribution < -0.4 is 0 Å². The monoisotopic (exact) mass is 365 g/mol. The SMILES string of the molecule is O=C(c1ccccc1)N(C(=O)c1ccccc1)C(=S)S.[Zn]. The maximum Gasteiger partial charge on any atom is 0.266 e. The summed E-state index contributed by atoms with van der Waals surface area (Å²) >= 11 is 8.91. The van der Waals surface area contributed by atoms with Crippen molar-refractivity contribution in [2.24, 2.45) is 0 Å². The minimum atomic E-state index is -0.487. The van der Waals surface area contributed by atoms with Gasteiger partial charge >= 0.3 is 0 Å². The first-order valence-corrected chi connectivity index (χ1v) is 6.68. The summed E-state index contributed by atoms with van der Waals surface area (Å²) in [5.74, 6) is -0.973. The molecule has 0 aliphatic rings. The molecule has 0 bridgehead atoms. The van der Waals surface area contributed by atoms with Crippen LogP contribution in [0.1, 0.15) is 20.7 Å². The summed E-state index contributed by atoms with van der Waals surface area (Å²) in [6.07, 6.45) is 0. The third-order valence-corrected chi connectivity index (χ3v) is 3.02. The van der Waals surface area contributed by atoms with Gasteiger partial charge in [0.15, 0.2) is 0 Å². The van der Waals surface area contributed by atoms with Gasteiger partial charge in [-0.3, -0.25) is 9.59 Å². The molecule has 2 amide bonds. The van der Waals surface area contributed by atoms with Crippen LogP contribution in [0.15, 0.2) is 60.7 Å². The topological polar surface area (TPSA) is 37.4 Å². The van der Waals surface area contributed by atoms with Crippen LogP contribution in [0.2, 0.25) is 0 Å². The van der Waals surface area contributed by atoms with E-state index in [1.54, 1.807) is 60.7 Å². The van der Waals surface area contributed by atoms with Crippen LogP contribution in [0, 0.1) is 0 Å². The summed E-state index contributed by atoms with van der Waals surface area (Å²) in [5.41, 5.74) is 0.765. The predicted octanol–water partition coefficient (Wildman–Crippen LogP) is 3.18. The van der Waals surface area contributed by atoms with Gasteiger partial charge in [0, 0.05) is 30.6 Å². The zero-order chi connectivity index (χ0) is 14.5. The zero-order valence-corrected chi connectivity index (χ0v) is 15.8. The Labute approximate surface area is 146 Å². The zero-order valence-electron chi connectivity index (χ0n) is 11.1. The van der Waals surface area contributed by atoms with Crippen LogP contribution in [0.5, 0.6) is 0 Å². The van der Waals surface area contributed by atoms with Gasteiger partial charge in [-0.25, -0.2) is 4.90 Å². The number of imide groups is 1. The van der Waals surface area contributed by atoms with Crippen molar-refractivity contribution >= 4 is 41.0 Å². The van der Waals surface area contributed by atoms with Gasteiger partial charge in [-0.1, -0.05) is 48.6 Å². The second-order valence-electron chi connectivity index (χ2n) is 3.96. The molecule has 0 atom stereocenters. The van der Waals surface area contributed by atoms with Gasteiger partial charge in [-0.2, -0.15) is 0 Å². The Bertz CT molecular complexity index is 596. The molecule has 2 aromatic carbocycles. The van der Waals surface area contributed by atoms with Crippen molar-refractivity contribution in [1.82, 2.24) is 4.90 Å².